The molecule has 3 rings (SSSR count). The summed E-state index contributed by atoms with van der Waals surface area (Å²) in [5.41, 5.74) is 3.31. The van der Waals surface area contributed by atoms with Gasteiger partial charge in [0.25, 0.3) is 0 Å². The highest BCUT2D eigenvalue weighted by Crippen LogP contribution is 2.46. The van der Waals surface area contributed by atoms with Crippen LogP contribution in [-0.2, 0) is 14.1 Å². The number of fused-ring (bicyclic) bond motifs is 1. The van der Waals surface area contributed by atoms with Gasteiger partial charge in [0.1, 0.15) is 0 Å². The number of rotatable bonds is 3. The third kappa shape index (κ3) is 2.06. The van der Waals surface area contributed by atoms with Crippen molar-refractivity contribution < 1.29 is 0 Å². The topological polar surface area (TPSA) is 26.9 Å². The molecular formula is C15H19BrN2O. The van der Waals surface area contributed by atoms with E-state index < -0.39 is 0 Å². The summed E-state index contributed by atoms with van der Waals surface area (Å²) in [6, 6.07) is 6.34. The molecule has 0 bridgehead atoms. The van der Waals surface area contributed by atoms with Gasteiger partial charge in [-0.25, -0.2) is 4.79 Å². The highest BCUT2D eigenvalue weighted by Gasteiger charge is 2.32. The first kappa shape index (κ1) is 13.0. The van der Waals surface area contributed by atoms with Crippen LogP contribution in [0.4, 0.5) is 0 Å². The lowest BCUT2D eigenvalue weighted by molar-refractivity contribution is 0.503. The molecule has 1 saturated carbocycles. The highest BCUT2D eigenvalue weighted by atomic mass is 79.9. The lowest BCUT2D eigenvalue weighted by Gasteiger charge is -2.18. The lowest BCUT2D eigenvalue weighted by Crippen LogP contribution is -2.19. The Morgan fingerprint density at radius 1 is 1.21 bits per heavy atom. The van der Waals surface area contributed by atoms with E-state index in [0.29, 0.717) is 10.7 Å². The molecule has 0 radical (unpaired) electrons. The summed E-state index contributed by atoms with van der Waals surface area (Å²) >= 11 is 3.83. The summed E-state index contributed by atoms with van der Waals surface area (Å²) in [5, 5.41) is 0. The van der Waals surface area contributed by atoms with Crippen LogP contribution in [0.1, 0.15) is 30.2 Å². The molecule has 0 amide bonds. The van der Waals surface area contributed by atoms with Gasteiger partial charge in [0.05, 0.1) is 11.0 Å². The van der Waals surface area contributed by atoms with Crippen molar-refractivity contribution >= 4 is 27.0 Å². The molecule has 0 spiro atoms. The van der Waals surface area contributed by atoms with Gasteiger partial charge in [-0.1, -0.05) is 28.9 Å². The van der Waals surface area contributed by atoms with Gasteiger partial charge in [0.15, 0.2) is 0 Å². The Balaban J connectivity index is 2.06. The largest absolute Gasteiger partial charge is 0.328 e. The van der Waals surface area contributed by atoms with E-state index in [4.69, 9.17) is 0 Å². The van der Waals surface area contributed by atoms with E-state index in [0.717, 1.165) is 17.0 Å². The molecule has 0 aliphatic heterocycles. The van der Waals surface area contributed by atoms with E-state index in [2.05, 4.69) is 41.1 Å². The molecule has 2 atom stereocenters. The second kappa shape index (κ2) is 4.51. The van der Waals surface area contributed by atoms with E-state index >= 15 is 0 Å². The Hall–Kier alpha value is -1.03. The van der Waals surface area contributed by atoms with E-state index in [1.54, 1.807) is 9.13 Å². The molecule has 1 aromatic carbocycles. The lowest BCUT2D eigenvalue weighted by atomic mass is 9.96. The van der Waals surface area contributed by atoms with Crippen LogP contribution in [0, 0.1) is 11.8 Å². The van der Waals surface area contributed by atoms with Crippen LogP contribution in [0.5, 0.6) is 0 Å². The standard InChI is InChI=1S/C15H19BrN2O/c1-9(10-4-5-10)14(16)11-6-7-12-13(8-11)18(3)15(19)17(12)2/h6-10,14H,4-5H2,1-3H3. The molecule has 0 saturated heterocycles. The zero-order valence-corrected chi connectivity index (χ0v) is 13.1. The van der Waals surface area contributed by atoms with E-state index in [9.17, 15) is 4.79 Å². The first-order chi connectivity index (χ1) is 9.00. The zero-order valence-electron chi connectivity index (χ0n) is 11.6. The van der Waals surface area contributed by atoms with Gasteiger partial charge in [-0.15, -0.1) is 0 Å². The van der Waals surface area contributed by atoms with Crippen molar-refractivity contribution in [1.82, 2.24) is 9.13 Å². The number of imidazole rings is 1. The summed E-state index contributed by atoms with van der Waals surface area (Å²) in [6.07, 6.45) is 2.71. The SMILES string of the molecule is CC(C1CC1)C(Br)c1ccc2c(c1)n(C)c(=O)n2C. The van der Waals surface area contributed by atoms with Crippen molar-refractivity contribution in [3.8, 4) is 0 Å². The van der Waals surface area contributed by atoms with Gasteiger partial charge in [0.2, 0.25) is 0 Å². The van der Waals surface area contributed by atoms with Crippen LogP contribution in [0.15, 0.2) is 23.0 Å². The van der Waals surface area contributed by atoms with Crippen molar-refractivity contribution in [3.63, 3.8) is 0 Å². The third-order valence-electron chi connectivity index (χ3n) is 4.44. The van der Waals surface area contributed by atoms with Gasteiger partial charge in [0, 0.05) is 18.9 Å². The summed E-state index contributed by atoms with van der Waals surface area (Å²) in [4.78, 5) is 12.3. The van der Waals surface area contributed by atoms with Crippen molar-refractivity contribution in [2.45, 2.75) is 24.6 Å². The van der Waals surface area contributed by atoms with Gasteiger partial charge < -0.3 is 0 Å². The maximum atomic E-state index is 11.9. The number of halogens is 1. The molecule has 2 unspecified atom stereocenters. The fraction of sp³-hybridized carbons (Fsp3) is 0.533. The van der Waals surface area contributed by atoms with Crippen LogP contribution >= 0.6 is 15.9 Å². The predicted molar refractivity (Wildman–Crippen MR) is 81.7 cm³/mol. The fourth-order valence-corrected chi connectivity index (χ4v) is 3.58. The van der Waals surface area contributed by atoms with Crippen molar-refractivity contribution in [2.75, 3.05) is 0 Å². The zero-order chi connectivity index (χ0) is 13.7. The second-order valence-electron chi connectivity index (χ2n) is 5.75. The van der Waals surface area contributed by atoms with Gasteiger partial charge in [-0.3, -0.25) is 9.13 Å². The Kier molecular flexibility index (Phi) is 3.08. The molecule has 4 heteroatoms. The Morgan fingerprint density at radius 2 is 1.84 bits per heavy atom. The molecule has 0 N–H and O–H groups in total. The minimum Gasteiger partial charge on any atom is -0.295 e. The van der Waals surface area contributed by atoms with E-state index in [1.807, 2.05) is 14.1 Å². The summed E-state index contributed by atoms with van der Waals surface area (Å²) < 4.78 is 3.42. The quantitative estimate of drug-likeness (QED) is 0.796. The number of alkyl halides is 1. The third-order valence-corrected chi connectivity index (χ3v) is 5.80. The maximum absolute atomic E-state index is 11.9. The van der Waals surface area contributed by atoms with Crippen LogP contribution in [-0.4, -0.2) is 9.13 Å². The Morgan fingerprint density at radius 3 is 2.47 bits per heavy atom. The molecule has 1 aliphatic rings. The number of nitrogens with zero attached hydrogens (tertiary/aromatic N) is 2. The Labute approximate surface area is 121 Å². The van der Waals surface area contributed by atoms with Crippen LogP contribution in [0.3, 0.4) is 0 Å². The van der Waals surface area contributed by atoms with Gasteiger partial charge in [-0.05, 0) is 42.4 Å². The minimum absolute atomic E-state index is 0.0357. The van der Waals surface area contributed by atoms with Crippen molar-refractivity contribution in [1.29, 1.82) is 0 Å². The average molecular weight is 323 g/mol. The fourth-order valence-electron chi connectivity index (χ4n) is 2.86. The Bertz CT molecular complexity index is 681. The average Bonchev–Trinajstić information content (AvgIpc) is 3.24. The molecule has 1 fully saturated rings. The molecule has 2 aromatic rings. The molecule has 1 aromatic heterocycles. The molecular weight excluding hydrogens is 304 g/mol. The molecule has 19 heavy (non-hydrogen) atoms. The van der Waals surface area contributed by atoms with E-state index in [-0.39, 0.29) is 5.69 Å². The molecule has 1 heterocycles. The molecule has 102 valence electrons. The number of aryl methyl sites for hydroxylation is 2. The maximum Gasteiger partial charge on any atom is 0.328 e. The smallest absolute Gasteiger partial charge is 0.295 e. The number of aromatic nitrogens is 2. The van der Waals surface area contributed by atoms with Crippen LogP contribution in [0.25, 0.3) is 11.0 Å². The predicted octanol–water partition coefficient (Wildman–Crippen LogP) is 3.36. The number of benzene rings is 1. The van der Waals surface area contributed by atoms with Crippen LogP contribution in [0.2, 0.25) is 0 Å². The first-order valence-corrected chi connectivity index (χ1v) is 7.71. The highest BCUT2D eigenvalue weighted by molar-refractivity contribution is 9.09. The van der Waals surface area contributed by atoms with Gasteiger partial charge in [-0.2, -0.15) is 0 Å². The number of hydrogen-bond acceptors (Lipinski definition) is 1. The monoisotopic (exact) mass is 322 g/mol. The number of hydrogen-bond donors (Lipinski definition) is 0. The minimum atomic E-state index is 0.0357. The molecule has 3 nitrogen and oxygen atoms in total. The molecule has 1 aliphatic carbocycles. The summed E-state index contributed by atoms with van der Waals surface area (Å²) in [6.45, 7) is 2.31. The normalized spacial score (nSPS) is 18.7. The summed E-state index contributed by atoms with van der Waals surface area (Å²) in [7, 11) is 3.66. The van der Waals surface area contributed by atoms with Crippen LogP contribution < -0.4 is 5.69 Å². The first-order valence-electron chi connectivity index (χ1n) is 6.80. The van der Waals surface area contributed by atoms with Crippen molar-refractivity contribution in [3.05, 3.63) is 34.2 Å². The van der Waals surface area contributed by atoms with Crippen molar-refractivity contribution in [2.24, 2.45) is 25.9 Å². The summed E-state index contributed by atoms with van der Waals surface area (Å²) in [5.74, 6) is 1.51. The second-order valence-corrected chi connectivity index (χ2v) is 6.73. The van der Waals surface area contributed by atoms with E-state index in [1.165, 1.54) is 18.4 Å². The van der Waals surface area contributed by atoms with Gasteiger partial charge >= 0.3 is 5.69 Å².